The third kappa shape index (κ3) is 3.75. The number of aromatic nitrogens is 3. The first kappa shape index (κ1) is 14.9. The molecule has 0 unspecified atom stereocenters. The molecular weight excluding hydrogens is 301 g/mol. The van der Waals surface area contributed by atoms with Gasteiger partial charge in [0.1, 0.15) is 6.33 Å². The highest BCUT2D eigenvalue weighted by Gasteiger charge is 2.19. The molecule has 2 N–H and O–H groups in total. The molecule has 21 heavy (non-hydrogen) atoms. The Kier molecular flexibility index (Phi) is 4.48. The summed E-state index contributed by atoms with van der Waals surface area (Å²) in [4.78, 5) is 25.6. The molecule has 0 saturated carbocycles. The Labute approximate surface area is 122 Å². The van der Waals surface area contributed by atoms with Crippen LogP contribution in [-0.2, 0) is 4.79 Å². The maximum atomic E-state index is 13.2. The maximum absolute atomic E-state index is 13.2. The van der Waals surface area contributed by atoms with Crippen molar-refractivity contribution in [2.24, 2.45) is 0 Å². The molecular formula is C11H10FN5O3S. The maximum Gasteiger partial charge on any atom is 0.306 e. The number of carbonyl (C=O) groups excluding carboxylic acids is 1. The molecule has 1 heterocycles. The van der Waals surface area contributed by atoms with E-state index in [0.717, 1.165) is 23.9 Å². The van der Waals surface area contributed by atoms with Crippen LogP contribution >= 0.6 is 11.8 Å². The van der Waals surface area contributed by atoms with Crippen molar-refractivity contribution in [1.29, 1.82) is 0 Å². The van der Waals surface area contributed by atoms with Crippen LogP contribution in [0, 0.1) is 15.9 Å². The summed E-state index contributed by atoms with van der Waals surface area (Å²) in [6.07, 6.45) is 1.32. The van der Waals surface area contributed by atoms with Gasteiger partial charge in [0, 0.05) is 11.8 Å². The summed E-state index contributed by atoms with van der Waals surface area (Å²) in [5.41, 5.74) is -0.540. The van der Waals surface area contributed by atoms with Crippen molar-refractivity contribution in [1.82, 2.24) is 15.2 Å². The molecule has 1 aromatic carbocycles. The third-order valence-electron chi connectivity index (χ3n) is 2.46. The van der Waals surface area contributed by atoms with Gasteiger partial charge in [0.25, 0.3) is 0 Å². The second-order valence-corrected chi connectivity index (χ2v) is 5.29. The van der Waals surface area contributed by atoms with Crippen LogP contribution in [-0.4, -0.2) is 31.3 Å². The average Bonchev–Trinajstić information content (AvgIpc) is 2.93. The Hall–Kier alpha value is -2.49. The van der Waals surface area contributed by atoms with Gasteiger partial charge in [-0.2, -0.15) is 9.49 Å². The zero-order chi connectivity index (χ0) is 15.4. The number of carbonyl (C=O) groups is 1. The van der Waals surface area contributed by atoms with Gasteiger partial charge < -0.3 is 5.32 Å². The molecule has 0 aliphatic rings. The van der Waals surface area contributed by atoms with Crippen LogP contribution in [0.25, 0.3) is 0 Å². The molecule has 2 rings (SSSR count). The molecule has 2 aromatic rings. The lowest BCUT2D eigenvalue weighted by Crippen LogP contribution is -2.22. The minimum Gasteiger partial charge on any atom is -0.325 e. The number of nitrogens with zero attached hydrogens (tertiary/aromatic N) is 3. The van der Waals surface area contributed by atoms with E-state index in [4.69, 9.17) is 0 Å². The van der Waals surface area contributed by atoms with Crippen molar-refractivity contribution in [2.45, 2.75) is 17.3 Å². The normalized spacial score (nSPS) is 11.9. The smallest absolute Gasteiger partial charge is 0.306 e. The van der Waals surface area contributed by atoms with E-state index >= 15 is 0 Å². The minimum absolute atomic E-state index is 0.151. The third-order valence-corrected chi connectivity index (χ3v) is 3.45. The number of hydrogen-bond donors (Lipinski definition) is 2. The molecule has 0 aliphatic heterocycles. The van der Waals surface area contributed by atoms with Gasteiger partial charge in [0.15, 0.2) is 5.16 Å². The van der Waals surface area contributed by atoms with Crippen LogP contribution in [0.1, 0.15) is 6.92 Å². The fraction of sp³-hybridized carbons (Fsp3) is 0.182. The van der Waals surface area contributed by atoms with Crippen LogP contribution in [0.2, 0.25) is 0 Å². The van der Waals surface area contributed by atoms with E-state index in [-0.39, 0.29) is 5.69 Å². The molecule has 10 heteroatoms. The Balaban J connectivity index is 2.05. The van der Waals surface area contributed by atoms with Gasteiger partial charge in [0.2, 0.25) is 11.7 Å². The van der Waals surface area contributed by atoms with Gasteiger partial charge in [-0.1, -0.05) is 11.8 Å². The van der Waals surface area contributed by atoms with Crippen molar-refractivity contribution in [3.05, 3.63) is 40.5 Å². The molecule has 0 bridgehead atoms. The first-order valence-electron chi connectivity index (χ1n) is 5.74. The molecule has 0 saturated heterocycles. The zero-order valence-corrected chi connectivity index (χ0v) is 11.6. The van der Waals surface area contributed by atoms with Gasteiger partial charge in [-0.15, -0.1) is 0 Å². The van der Waals surface area contributed by atoms with Crippen LogP contribution < -0.4 is 5.32 Å². The number of aromatic amines is 1. The van der Waals surface area contributed by atoms with Gasteiger partial charge in [-0.3, -0.25) is 20.0 Å². The summed E-state index contributed by atoms with van der Waals surface area (Å²) in [6, 6.07) is 3.16. The van der Waals surface area contributed by atoms with Gasteiger partial charge in [0.05, 0.1) is 10.2 Å². The Morgan fingerprint density at radius 2 is 2.33 bits per heavy atom. The van der Waals surface area contributed by atoms with E-state index < -0.39 is 27.6 Å². The highest BCUT2D eigenvalue weighted by molar-refractivity contribution is 8.00. The predicted molar refractivity (Wildman–Crippen MR) is 73.4 cm³/mol. The second kappa shape index (κ2) is 6.31. The Morgan fingerprint density at radius 3 is 2.95 bits per heavy atom. The van der Waals surface area contributed by atoms with Crippen LogP contribution in [0.5, 0.6) is 0 Å². The highest BCUT2D eigenvalue weighted by Crippen LogP contribution is 2.23. The lowest BCUT2D eigenvalue weighted by atomic mass is 10.2. The van der Waals surface area contributed by atoms with Crippen molar-refractivity contribution in [3.8, 4) is 0 Å². The largest absolute Gasteiger partial charge is 0.325 e. The molecule has 0 radical (unpaired) electrons. The first-order chi connectivity index (χ1) is 9.97. The van der Waals surface area contributed by atoms with Crippen LogP contribution in [0.4, 0.5) is 15.8 Å². The number of nitrogens with one attached hydrogen (secondary N) is 2. The second-order valence-electron chi connectivity index (χ2n) is 3.96. The van der Waals surface area contributed by atoms with E-state index in [1.807, 2.05) is 0 Å². The number of thioether (sulfide) groups is 1. The summed E-state index contributed by atoms with van der Waals surface area (Å²) < 4.78 is 13.2. The Bertz CT molecular complexity index is 664. The summed E-state index contributed by atoms with van der Waals surface area (Å²) in [6.45, 7) is 1.64. The van der Waals surface area contributed by atoms with E-state index in [1.54, 1.807) is 6.92 Å². The van der Waals surface area contributed by atoms with E-state index in [2.05, 4.69) is 20.5 Å². The highest BCUT2D eigenvalue weighted by atomic mass is 32.2. The van der Waals surface area contributed by atoms with E-state index in [9.17, 15) is 19.3 Å². The van der Waals surface area contributed by atoms with E-state index in [1.165, 1.54) is 12.4 Å². The summed E-state index contributed by atoms with van der Waals surface area (Å²) in [5, 5.41) is 19.3. The molecule has 8 nitrogen and oxygen atoms in total. The topological polar surface area (TPSA) is 114 Å². The summed E-state index contributed by atoms with van der Waals surface area (Å²) in [5.74, 6) is -1.35. The number of nitro groups is 1. The average molecular weight is 311 g/mol. The lowest BCUT2D eigenvalue weighted by molar-refractivity contribution is -0.387. The molecule has 0 fully saturated rings. The number of halogens is 1. The molecule has 1 aromatic heterocycles. The number of hydrogen-bond acceptors (Lipinski definition) is 6. The molecule has 0 spiro atoms. The molecule has 110 valence electrons. The number of H-pyrrole nitrogens is 1. The Morgan fingerprint density at radius 1 is 1.57 bits per heavy atom. The number of rotatable bonds is 5. The van der Waals surface area contributed by atoms with Gasteiger partial charge in [-0.05, 0) is 19.1 Å². The van der Waals surface area contributed by atoms with Crippen LogP contribution in [0.3, 0.4) is 0 Å². The first-order valence-corrected chi connectivity index (χ1v) is 6.62. The van der Waals surface area contributed by atoms with Crippen molar-refractivity contribution >= 4 is 29.0 Å². The number of benzene rings is 1. The minimum atomic E-state index is -0.956. The van der Waals surface area contributed by atoms with E-state index in [0.29, 0.717) is 5.16 Å². The number of anilines is 1. The predicted octanol–water partition coefficient (Wildman–Crippen LogP) is 1.97. The quantitative estimate of drug-likeness (QED) is 0.496. The van der Waals surface area contributed by atoms with Crippen molar-refractivity contribution < 1.29 is 14.1 Å². The van der Waals surface area contributed by atoms with Crippen molar-refractivity contribution in [3.63, 3.8) is 0 Å². The van der Waals surface area contributed by atoms with Gasteiger partial charge in [-0.25, -0.2) is 4.98 Å². The fourth-order valence-electron chi connectivity index (χ4n) is 1.45. The number of amides is 1. The standard InChI is InChI=1S/C11H10FN5O3S/c1-6(21-11-13-5-14-16-11)10(18)15-7-2-3-8(12)9(4-7)17(19)20/h2-6H,1H3,(H,15,18)(H,13,14,16)/t6-/m1/s1. The monoisotopic (exact) mass is 311 g/mol. The SMILES string of the molecule is C[C@@H](Sc1ncn[nH]1)C(=O)Nc1ccc(F)c([N+](=O)[O-])c1. The molecule has 1 amide bonds. The zero-order valence-electron chi connectivity index (χ0n) is 10.7. The van der Waals surface area contributed by atoms with Crippen molar-refractivity contribution in [2.75, 3.05) is 5.32 Å². The number of nitro benzene ring substituents is 1. The van der Waals surface area contributed by atoms with Crippen LogP contribution in [0.15, 0.2) is 29.7 Å². The molecule has 0 aliphatic carbocycles. The summed E-state index contributed by atoms with van der Waals surface area (Å²) in [7, 11) is 0. The summed E-state index contributed by atoms with van der Waals surface area (Å²) >= 11 is 1.14. The van der Waals surface area contributed by atoms with Gasteiger partial charge >= 0.3 is 5.69 Å². The lowest BCUT2D eigenvalue weighted by Gasteiger charge is -2.10. The fourth-order valence-corrected chi connectivity index (χ4v) is 2.16. The molecule has 1 atom stereocenters.